The van der Waals surface area contributed by atoms with Crippen LogP contribution in [-0.4, -0.2) is 22.2 Å². The number of carboxylic acids is 2. The molecule has 2 bridgehead atoms. The molecule has 2 aromatic rings. The first-order valence-electron chi connectivity index (χ1n) is 8.30. The molecule has 0 saturated heterocycles. The highest BCUT2D eigenvalue weighted by Crippen LogP contribution is 2.52. The van der Waals surface area contributed by atoms with Crippen LogP contribution in [0, 0.1) is 0 Å². The lowest BCUT2D eigenvalue weighted by molar-refractivity contribution is 0.0685. The Balaban J connectivity index is 0.000000815. The third kappa shape index (κ3) is 2.39. The van der Waals surface area contributed by atoms with E-state index >= 15 is 0 Å². The van der Waals surface area contributed by atoms with Crippen molar-refractivity contribution in [3.8, 4) is 0 Å². The quantitative estimate of drug-likeness (QED) is 0.854. The zero-order valence-electron chi connectivity index (χ0n) is 13.7. The van der Waals surface area contributed by atoms with Gasteiger partial charge in [0.15, 0.2) is 0 Å². The first kappa shape index (κ1) is 16.2. The number of carboxylic acid groups (broad SMARTS) is 2. The van der Waals surface area contributed by atoms with E-state index in [1.165, 1.54) is 0 Å². The van der Waals surface area contributed by atoms with Crippen molar-refractivity contribution in [2.45, 2.75) is 38.5 Å². The largest absolute Gasteiger partial charge is 0.478 e. The Morgan fingerprint density at radius 1 is 0.750 bits per heavy atom. The maximum Gasteiger partial charge on any atom is 0.335 e. The Hall–Kier alpha value is -2.62. The summed E-state index contributed by atoms with van der Waals surface area (Å²) in [6.45, 7) is 4.00. The van der Waals surface area contributed by atoms with Gasteiger partial charge in [-0.2, -0.15) is 0 Å². The minimum Gasteiger partial charge on any atom is -0.478 e. The van der Waals surface area contributed by atoms with Gasteiger partial charge in [0.2, 0.25) is 0 Å². The first-order valence-corrected chi connectivity index (χ1v) is 8.30. The molecule has 5 rings (SSSR count). The van der Waals surface area contributed by atoms with E-state index in [2.05, 4.69) is 0 Å². The minimum atomic E-state index is -0.911. The van der Waals surface area contributed by atoms with Gasteiger partial charge in [-0.25, -0.2) is 9.59 Å². The first-order chi connectivity index (χ1) is 11.6. The van der Waals surface area contributed by atoms with Crippen LogP contribution in [0.5, 0.6) is 0 Å². The van der Waals surface area contributed by atoms with Crippen molar-refractivity contribution < 1.29 is 19.8 Å². The Bertz CT molecular complexity index is 753. The van der Waals surface area contributed by atoms with E-state index in [1.807, 2.05) is 26.0 Å². The molecule has 2 atom stereocenters. The number of benzene rings is 2. The highest BCUT2D eigenvalue weighted by atomic mass is 16.4. The van der Waals surface area contributed by atoms with Crippen LogP contribution in [0.3, 0.4) is 0 Å². The summed E-state index contributed by atoms with van der Waals surface area (Å²) in [7, 11) is 0. The number of fused-ring (bicyclic) bond motifs is 1. The van der Waals surface area contributed by atoms with Gasteiger partial charge in [0.25, 0.3) is 0 Å². The summed E-state index contributed by atoms with van der Waals surface area (Å²) in [5.74, 6) is -1.47. The van der Waals surface area contributed by atoms with Crippen LogP contribution in [0.25, 0.3) is 0 Å². The molecule has 0 amide bonds. The molecule has 24 heavy (non-hydrogen) atoms. The molecule has 0 fully saturated rings. The smallest absolute Gasteiger partial charge is 0.335 e. The summed E-state index contributed by atoms with van der Waals surface area (Å²) in [6.07, 6.45) is 1.97. The van der Waals surface area contributed by atoms with Crippen molar-refractivity contribution in [1.82, 2.24) is 0 Å². The molecule has 3 aliphatic rings. The summed E-state index contributed by atoms with van der Waals surface area (Å²) < 4.78 is 0. The zero-order valence-corrected chi connectivity index (χ0v) is 13.7. The summed E-state index contributed by atoms with van der Waals surface area (Å²) >= 11 is 0. The van der Waals surface area contributed by atoms with Gasteiger partial charge >= 0.3 is 11.9 Å². The monoisotopic (exact) mass is 324 g/mol. The van der Waals surface area contributed by atoms with Gasteiger partial charge < -0.3 is 10.2 Å². The van der Waals surface area contributed by atoms with Gasteiger partial charge in [-0.1, -0.05) is 26.0 Å². The Morgan fingerprint density at radius 3 is 1.46 bits per heavy atom. The second-order valence-electron chi connectivity index (χ2n) is 5.98. The fourth-order valence-electron chi connectivity index (χ4n) is 3.94. The zero-order chi connectivity index (χ0) is 17.4. The summed E-state index contributed by atoms with van der Waals surface area (Å²) in [5, 5.41) is 18.4. The fraction of sp³-hybridized carbons (Fsp3) is 0.300. The van der Waals surface area contributed by atoms with Gasteiger partial charge in [-0.15, -0.1) is 0 Å². The van der Waals surface area contributed by atoms with Gasteiger partial charge in [-0.05, 0) is 59.4 Å². The lowest BCUT2D eigenvalue weighted by atomic mass is 9.63. The Labute approximate surface area is 140 Å². The van der Waals surface area contributed by atoms with E-state index in [-0.39, 0.29) is 11.8 Å². The highest BCUT2D eigenvalue weighted by molar-refractivity contribution is 5.89. The molecule has 0 spiro atoms. The molecular formula is C20H20O4. The average Bonchev–Trinajstić information content (AvgIpc) is 2.62. The van der Waals surface area contributed by atoms with E-state index in [4.69, 9.17) is 0 Å². The number of hydrogen-bond acceptors (Lipinski definition) is 2. The molecule has 2 aromatic carbocycles. The fourth-order valence-corrected chi connectivity index (χ4v) is 3.94. The van der Waals surface area contributed by atoms with Crippen LogP contribution >= 0.6 is 0 Å². The second-order valence-corrected chi connectivity index (χ2v) is 5.98. The summed E-state index contributed by atoms with van der Waals surface area (Å²) in [5.41, 5.74) is 5.11. The van der Waals surface area contributed by atoms with Crippen LogP contribution < -0.4 is 0 Å². The Morgan fingerprint density at radius 2 is 1.12 bits per heavy atom. The lowest BCUT2D eigenvalue weighted by Crippen LogP contribution is -2.25. The van der Waals surface area contributed by atoms with Crippen LogP contribution in [0.2, 0.25) is 0 Å². The van der Waals surface area contributed by atoms with Crippen molar-refractivity contribution in [2.75, 3.05) is 0 Å². The van der Waals surface area contributed by atoms with Crippen molar-refractivity contribution in [2.24, 2.45) is 0 Å². The molecule has 0 heterocycles. The van der Waals surface area contributed by atoms with Gasteiger partial charge in [-0.3, -0.25) is 0 Å². The van der Waals surface area contributed by atoms with Gasteiger partial charge in [0.05, 0.1) is 11.1 Å². The van der Waals surface area contributed by atoms with Crippen LogP contribution in [0.15, 0.2) is 36.4 Å². The third-order valence-electron chi connectivity index (χ3n) is 4.91. The van der Waals surface area contributed by atoms with Crippen LogP contribution in [0.1, 0.15) is 81.5 Å². The van der Waals surface area contributed by atoms with Crippen LogP contribution in [-0.2, 0) is 0 Å². The number of rotatable bonds is 2. The maximum absolute atomic E-state index is 11.2. The molecule has 4 heteroatoms. The molecule has 3 aliphatic carbocycles. The molecule has 0 aromatic heterocycles. The molecule has 2 N–H and O–H groups in total. The highest BCUT2D eigenvalue weighted by Gasteiger charge is 2.37. The van der Waals surface area contributed by atoms with Gasteiger partial charge in [0, 0.05) is 11.8 Å². The topological polar surface area (TPSA) is 74.6 Å². The van der Waals surface area contributed by atoms with E-state index in [9.17, 15) is 19.8 Å². The summed E-state index contributed by atoms with van der Waals surface area (Å²) in [4.78, 5) is 22.4. The third-order valence-corrected chi connectivity index (χ3v) is 4.91. The minimum absolute atomic E-state index is 0.178. The molecule has 124 valence electrons. The van der Waals surface area contributed by atoms with Crippen molar-refractivity contribution >= 4 is 11.9 Å². The molecule has 4 nitrogen and oxygen atoms in total. The molecule has 0 aliphatic heterocycles. The summed E-state index contributed by atoms with van der Waals surface area (Å²) in [6, 6.07) is 10.6. The second kappa shape index (κ2) is 6.11. The molecule has 0 saturated carbocycles. The Kier molecular flexibility index (Phi) is 4.14. The van der Waals surface area contributed by atoms with Crippen LogP contribution in [0.4, 0.5) is 0 Å². The number of hydrogen-bond donors (Lipinski definition) is 2. The predicted molar refractivity (Wildman–Crippen MR) is 91.1 cm³/mol. The average molecular weight is 324 g/mol. The van der Waals surface area contributed by atoms with E-state index in [1.54, 1.807) is 24.3 Å². The van der Waals surface area contributed by atoms with E-state index in [0.29, 0.717) is 11.1 Å². The van der Waals surface area contributed by atoms with Crippen molar-refractivity contribution in [3.05, 3.63) is 69.8 Å². The molecule has 0 radical (unpaired) electrons. The molecule has 2 unspecified atom stereocenters. The maximum atomic E-state index is 11.2. The van der Waals surface area contributed by atoms with E-state index < -0.39 is 11.9 Å². The molecular weight excluding hydrogens is 304 g/mol. The number of carbonyl (C=O) groups is 2. The van der Waals surface area contributed by atoms with Crippen molar-refractivity contribution in [3.63, 3.8) is 0 Å². The normalized spacial score (nSPS) is 19.6. The SMILES string of the molecule is CC.O=C(O)c1ccc2c(c1)C1CCC2c2cc(C(=O)O)ccc21. The number of aromatic carboxylic acids is 2. The van der Waals surface area contributed by atoms with E-state index in [0.717, 1.165) is 35.1 Å². The predicted octanol–water partition coefficient (Wildman–Crippen LogP) is 4.48. The standard InChI is InChI=1S/C18H14O4.C2H6/c19-17(20)9-1-3-11-13-5-6-14(15(11)7-9)12-4-2-10(18(21)22)8-16(12)13;1-2/h1-4,7-8,13-14H,5-6H2,(H,19,20)(H,21,22);1-2H3. The van der Waals surface area contributed by atoms with Gasteiger partial charge in [0.1, 0.15) is 0 Å². The van der Waals surface area contributed by atoms with Crippen molar-refractivity contribution in [1.29, 1.82) is 0 Å². The lowest BCUT2D eigenvalue weighted by Gasteiger charge is -2.40.